The van der Waals surface area contributed by atoms with Crippen LogP contribution in [0.3, 0.4) is 0 Å². The highest BCUT2D eigenvalue weighted by atomic mass is 15.2. The van der Waals surface area contributed by atoms with E-state index >= 15 is 0 Å². The van der Waals surface area contributed by atoms with E-state index < -0.39 is 0 Å². The predicted molar refractivity (Wildman–Crippen MR) is 80.2 cm³/mol. The molecule has 0 aliphatic heterocycles. The maximum Gasteiger partial charge on any atom is 0.191 e. The van der Waals surface area contributed by atoms with Crippen LogP contribution in [0.15, 0.2) is 23.5 Å². The zero-order valence-electron chi connectivity index (χ0n) is 12.3. The highest BCUT2D eigenvalue weighted by molar-refractivity contribution is 5.80. The molecule has 1 fully saturated rings. The molecule has 2 unspecified atom stereocenters. The lowest BCUT2D eigenvalue weighted by atomic mass is 10.2. The highest BCUT2D eigenvalue weighted by Gasteiger charge is 2.36. The van der Waals surface area contributed by atoms with E-state index in [1.54, 1.807) is 0 Å². The summed E-state index contributed by atoms with van der Waals surface area (Å²) in [4.78, 5) is 4.65. The highest BCUT2D eigenvalue weighted by Crippen LogP contribution is 2.34. The van der Waals surface area contributed by atoms with Crippen LogP contribution in [0.2, 0.25) is 0 Å². The Labute approximate surface area is 116 Å². The van der Waals surface area contributed by atoms with Gasteiger partial charge in [-0.1, -0.05) is 13.3 Å². The van der Waals surface area contributed by atoms with E-state index in [9.17, 15) is 0 Å². The van der Waals surface area contributed by atoms with Gasteiger partial charge in [0.2, 0.25) is 0 Å². The van der Waals surface area contributed by atoms with Gasteiger partial charge in [-0.3, -0.25) is 0 Å². The Morgan fingerprint density at radius 2 is 2.32 bits per heavy atom. The minimum absolute atomic E-state index is 0.633. The molecule has 1 aromatic heterocycles. The summed E-state index contributed by atoms with van der Waals surface area (Å²) >= 11 is 0. The molecule has 4 nitrogen and oxygen atoms in total. The first-order chi connectivity index (χ1) is 9.22. The summed E-state index contributed by atoms with van der Waals surface area (Å²) in [5, 5.41) is 6.86. The molecule has 0 amide bonds. The van der Waals surface area contributed by atoms with Crippen molar-refractivity contribution >= 4 is 5.96 Å². The standard InChI is InChI=1S/C15H26N4/c1-4-6-13-9-14(13)18-15(16-5-2)17-10-12-7-8-19(3)11-12/h7-8,11,13-14H,4-6,9-10H2,1-3H3,(H2,16,17,18). The van der Waals surface area contributed by atoms with Gasteiger partial charge >= 0.3 is 0 Å². The first-order valence-electron chi connectivity index (χ1n) is 7.38. The summed E-state index contributed by atoms with van der Waals surface area (Å²) < 4.78 is 2.06. The Balaban J connectivity index is 1.85. The minimum Gasteiger partial charge on any atom is -0.357 e. The van der Waals surface area contributed by atoms with Crippen molar-refractivity contribution in [3.05, 3.63) is 24.0 Å². The van der Waals surface area contributed by atoms with Crippen LogP contribution in [0.1, 0.15) is 38.7 Å². The first-order valence-corrected chi connectivity index (χ1v) is 7.38. The third kappa shape index (κ3) is 4.30. The van der Waals surface area contributed by atoms with Crippen molar-refractivity contribution in [2.24, 2.45) is 18.0 Å². The topological polar surface area (TPSA) is 41.4 Å². The van der Waals surface area contributed by atoms with Crippen molar-refractivity contribution in [1.82, 2.24) is 15.2 Å². The van der Waals surface area contributed by atoms with Gasteiger partial charge in [0.1, 0.15) is 0 Å². The summed E-state index contributed by atoms with van der Waals surface area (Å²) in [6.45, 7) is 6.01. The normalized spacial score (nSPS) is 22.4. The molecule has 0 bridgehead atoms. The number of aliphatic imine (C=N–C) groups is 1. The summed E-state index contributed by atoms with van der Waals surface area (Å²) in [6.07, 6.45) is 8.08. The second kappa shape index (κ2) is 6.64. The Morgan fingerprint density at radius 3 is 2.95 bits per heavy atom. The van der Waals surface area contributed by atoms with Gasteiger partial charge in [-0.15, -0.1) is 0 Å². The first kappa shape index (κ1) is 14.0. The fraction of sp³-hybridized carbons (Fsp3) is 0.667. The third-order valence-corrected chi connectivity index (χ3v) is 3.56. The molecule has 106 valence electrons. The van der Waals surface area contributed by atoms with Crippen LogP contribution < -0.4 is 10.6 Å². The van der Waals surface area contributed by atoms with Crippen molar-refractivity contribution in [1.29, 1.82) is 0 Å². The smallest absolute Gasteiger partial charge is 0.191 e. The average molecular weight is 262 g/mol. The van der Waals surface area contributed by atoms with Gasteiger partial charge in [-0.25, -0.2) is 4.99 Å². The molecule has 2 atom stereocenters. The van der Waals surface area contributed by atoms with Crippen LogP contribution in [0.5, 0.6) is 0 Å². The summed E-state index contributed by atoms with van der Waals surface area (Å²) in [5.74, 6) is 1.81. The van der Waals surface area contributed by atoms with Crippen LogP contribution in [0.4, 0.5) is 0 Å². The van der Waals surface area contributed by atoms with Gasteiger partial charge in [0.25, 0.3) is 0 Å². The molecule has 1 aliphatic rings. The molecule has 0 spiro atoms. The van der Waals surface area contributed by atoms with Crippen LogP contribution in [-0.2, 0) is 13.6 Å². The van der Waals surface area contributed by atoms with Crippen LogP contribution >= 0.6 is 0 Å². The molecule has 19 heavy (non-hydrogen) atoms. The fourth-order valence-corrected chi connectivity index (χ4v) is 2.43. The molecule has 1 aromatic rings. The molecular weight excluding hydrogens is 236 g/mol. The Kier molecular flexibility index (Phi) is 4.88. The monoisotopic (exact) mass is 262 g/mol. The molecule has 0 aromatic carbocycles. The van der Waals surface area contributed by atoms with E-state index in [-0.39, 0.29) is 0 Å². The second-order valence-electron chi connectivity index (χ2n) is 5.42. The molecule has 1 heterocycles. The van der Waals surface area contributed by atoms with Gasteiger partial charge in [0, 0.05) is 32.0 Å². The van der Waals surface area contributed by atoms with Crippen molar-refractivity contribution in [3.8, 4) is 0 Å². The maximum atomic E-state index is 4.65. The van der Waals surface area contributed by atoms with Crippen LogP contribution in [0.25, 0.3) is 0 Å². The summed E-state index contributed by atoms with van der Waals surface area (Å²) in [6, 6.07) is 2.75. The number of nitrogens with zero attached hydrogens (tertiary/aromatic N) is 2. The Morgan fingerprint density at radius 1 is 1.47 bits per heavy atom. The zero-order chi connectivity index (χ0) is 13.7. The number of aromatic nitrogens is 1. The van der Waals surface area contributed by atoms with E-state index in [2.05, 4.69) is 52.5 Å². The minimum atomic E-state index is 0.633. The Hall–Kier alpha value is -1.45. The summed E-state index contributed by atoms with van der Waals surface area (Å²) in [7, 11) is 2.04. The lowest BCUT2D eigenvalue weighted by Gasteiger charge is -2.10. The van der Waals surface area contributed by atoms with E-state index in [1.807, 2.05) is 7.05 Å². The quantitative estimate of drug-likeness (QED) is 0.610. The van der Waals surface area contributed by atoms with E-state index in [0.29, 0.717) is 6.04 Å². The van der Waals surface area contributed by atoms with Gasteiger partial charge in [-0.2, -0.15) is 0 Å². The lowest BCUT2D eigenvalue weighted by Crippen LogP contribution is -2.39. The SMILES string of the molecule is CCCC1CC1NC(=NCc1ccn(C)c1)NCC. The van der Waals surface area contributed by atoms with Crippen LogP contribution in [-0.4, -0.2) is 23.1 Å². The molecule has 2 N–H and O–H groups in total. The van der Waals surface area contributed by atoms with Crippen molar-refractivity contribution in [2.45, 2.75) is 45.7 Å². The predicted octanol–water partition coefficient (Wildman–Crippen LogP) is 2.27. The molecule has 4 heteroatoms. The van der Waals surface area contributed by atoms with E-state index in [0.717, 1.165) is 25.0 Å². The fourth-order valence-electron chi connectivity index (χ4n) is 2.43. The number of aryl methyl sites for hydroxylation is 1. The van der Waals surface area contributed by atoms with E-state index in [1.165, 1.54) is 24.8 Å². The zero-order valence-corrected chi connectivity index (χ0v) is 12.3. The third-order valence-electron chi connectivity index (χ3n) is 3.56. The van der Waals surface area contributed by atoms with E-state index in [4.69, 9.17) is 0 Å². The van der Waals surface area contributed by atoms with Crippen LogP contribution in [0, 0.1) is 5.92 Å². The molecule has 0 saturated heterocycles. The van der Waals surface area contributed by atoms with Crippen molar-refractivity contribution in [3.63, 3.8) is 0 Å². The molecule has 1 aliphatic carbocycles. The molecule has 1 saturated carbocycles. The molecular formula is C15H26N4. The number of hydrogen-bond donors (Lipinski definition) is 2. The van der Waals surface area contributed by atoms with Gasteiger partial charge < -0.3 is 15.2 Å². The lowest BCUT2D eigenvalue weighted by molar-refractivity contribution is 0.655. The number of rotatable bonds is 6. The largest absolute Gasteiger partial charge is 0.357 e. The van der Waals surface area contributed by atoms with Crippen molar-refractivity contribution < 1.29 is 0 Å². The maximum absolute atomic E-state index is 4.65. The Bertz CT molecular complexity index is 422. The van der Waals surface area contributed by atoms with Gasteiger partial charge in [-0.05, 0) is 37.3 Å². The van der Waals surface area contributed by atoms with Gasteiger partial charge in [0.05, 0.1) is 6.54 Å². The number of guanidine groups is 1. The summed E-state index contributed by atoms with van der Waals surface area (Å²) in [5.41, 5.74) is 1.25. The second-order valence-corrected chi connectivity index (χ2v) is 5.42. The number of hydrogen-bond acceptors (Lipinski definition) is 1. The van der Waals surface area contributed by atoms with Crippen molar-refractivity contribution in [2.75, 3.05) is 6.54 Å². The molecule has 0 radical (unpaired) electrons. The average Bonchev–Trinajstić information content (AvgIpc) is 2.96. The van der Waals surface area contributed by atoms with Gasteiger partial charge in [0.15, 0.2) is 5.96 Å². The number of nitrogens with one attached hydrogen (secondary N) is 2. The molecule has 2 rings (SSSR count).